The van der Waals surface area contributed by atoms with Gasteiger partial charge in [0.25, 0.3) is 0 Å². The molecule has 33 heavy (non-hydrogen) atoms. The second kappa shape index (κ2) is 9.15. The molecule has 0 saturated heterocycles. The number of imidazole rings is 1. The van der Waals surface area contributed by atoms with Crippen LogP contribution in [0.25, 0.3) is 22.6 Å². The first-order chi connectivity index (χ1) is 16.1. The van der Waals surface area contributed by atoms with Crippen LogP contribution < -0.4 is 10.1 Å². The fourth-order valence-corrected chi connectivity index (χ4v) is 4.25. The number of rotatable bonds is 7. The Bertz CT molecular complexity index is 1280. The van der Waals surface area contributed by atoms with Crippen LogP contribution in [0.5, 0.6) is 5.88 Å². The Morgan fingerprint density at radius 3 is 2.76 bits per heavy atom. The number of anilines is 1. The third-order valence-corrected chi connectivity index (χ3v) is 5.83. The van der Waals surface area contributed by atoms with Crippen LogP contribution in [0, 0.1) is 5.82 Å². The first-order valence-corrected chi connectivity index (χ1v) is 11.2. The lowest BCUT2D eigenvalue weighted by Gasteiger charge is -2.18. The third-order valence-electron chi connectivity index (χ3n) is 5.54. The van der Waals surface area contributed by atoms with Crippen molar-refractivity contribution >= 4 is 17.5 Å². The SMILES string of the molecule is CCNc1nccc(-c2c(-c3ccc(F)cc3)nc3n2[C@H](COc2ncccc2Cl)CC3)n1. The van der Waals surface area contributed by atoms with Crippen molar-refractivity contribution in [3.05, 3.63) is 71.5 Å². The van der Waals surface area contributed by atoms with E-state index in [1.54, 1.807) is 36.7 Å². The highest BCUT2D eigenvalue weighted by atomic mass is 35.5. The van der Waals surface area contributed by atoms with Gasteiger partial charge in [-0.15, -0.1) is 0 Å². The molecule has 9 heteroatoms. The Labute approximate surface area is 195 Å². The minimum absolute atomic E-state index is 0.0207. The van der Waals surface area contributed by atoms with Gasteiger partial charge in [-0.05, 0) is 55.8 Å². The van der Waals surface area contributed by atoms with Crippen molar-refractivity contribution in [1.29, 1.82) is 0 Å². The average molecular weight is 465 g/mol. The molecule has 0 bridgehead atoms. The van der Waals surface area contributed by atoms with E-state index in [0.717, 1.165) is 41.3 Å². The van der Waals surface area contributed by atoms with E-state index >= 15 is 0 Å². The van der Waals surface area contributed by atoms with E-state index in [1.807, 2.05) is 13.0 Å². The highest BCUT2D eigenvalue weighted by Gasteiger charge is 2.31. The summed E-state index contributed by atoms with van der Waals surface area (Å²) in [6, 6.07) is 11.8. The summed E-state index contributed by atoms with van der Waals surface area (Å²) >= 11 is 6.22. The molecule has 168 valence electrons. The van der Waals surface area contributed by atoms with E-state index in [1.165, 1.54) is 12.1 Å². The van der Waals surface area contributed by atoms with E-state index in [9.17, 15) is 4.39 Å². The van der Waals surface area contributed by atoms with Crippen molar-refractivity contribution in [2.75, 3.05) is 18.5 Å². The molecular weight excluding hydrogens is 443 g/mol. The lowest BCUT2D eigenvalue weighted by atomic mass is 10.1. The van der Waals surface area contributed by atoms with Gasteiger partial charge in [0.15, 0.2) is 0 Å². The zero-order valence-electron chi connectivity index (χ0n) is 18.0. The average Bonchev–Trinajstić information content (AvgIpc) is 3.39. The molecule has 1 aliphatic rings. The molecule has 5 rings (SSSR count). The first kappa shape index (κ1) is 21.3. The van der Waals surface area contributed by atoms with Gasteiger partial charge in [0.05, 0.1) is 23.1 Å². The van der Waals surface area contributed by atoms with Gasteiger partial charge in [0, 0.05) is 30.9 Å². The number of fused-ring (bicyclic) bond motifs is 1. The van der Waals surface area contributed by atoms with Gasteiger partial charge >= 0.3 is 0 Å². The van der Waals surface area contributed by atoms with Crippen molar-refractivity contribution < 1.29 is 9.13 Å². The van der Waals surface area contributed by atoms with Gasteiger partial charge in [-0.25, -0.2) is 24.3 Å². The van der Waals surface area contributed by atoms with Gasteiger partial charge in [-0.3, -0.25) is 0 Å². The zero-order chi connectivity index (χ0) is 22.8. The molecule has 4 heterocycles. The summed E-state index contributed by atoms with van der Waals surface area (Å²) in [6.45, 7) is 3.09. The van der Waals surface area contributed by atoms with Gasteiger partial charge in [0.1, 0.15) is 23.3 Å². The summed E-state index contributed by atoms with van der Waals surface area (Å²) in [6.07, 6.45) is 5.04. The molecule has 3 aromatic heterocycles. The van der Waals surface area contributed by atoms with Crippen LogP contribution in [0.4, 0.5) is 10.3 Å². The number of aromatic nitrogens is 5. The maximum Gasteiger partial charge on any atom is 0.232 e. The quantitative estimate of drug-likeness (QED) is 0.405. The monoisotopic (exact) mass is 464 g/mol. The number of benzene rings is 1. The maximum absolute atomic E-state index is 13.6. The molecule has 0 radical (unpaired) electrons. The third kappa shape index (κ3) is 4.26. The van der Waals surface area contributed by atoms with Crippen LogP contribution in [-0.4, -0.2) is 37.7 Å². The van der Waals surface area contributed by atoms with Gasteiger partial charge in [-0.1, -0.05) is 11.6 Å². The molecule has 0 unspecified atom stereocenters. The lowest BCUT2D eigenvalue weighted by molar-refractivity contribution is 0.247. The molecular formula is C24H22ClFN6O. The first-order valence-electron chi connectivity index (χ1n) is 10.8. The minimum Gasteiger partial charge on any atom is -0.474 e. The molecule has 0 spiro atoms. The Hall–Kier alpha value is -3.52. The van der Waals surface area contributed by atoms with E-state index in [-0.39, 0.29) is 11.9 Å². The van der Waals surface area contributed by atoms with Crippen molar-refractivity contribution in [2.45, 2.75) is 25.8 Å². The summed E-state index contributed by atoms with van der Waals surface area (Å²) < 4.78 is 21.7. The Morgan fingerprint density at radius 1 is 1.12 bits per heavy atom. The van der Waals surface area contributed by atoms with Crippen LogP contribution in [0.3, 0.4) is 0 Å². The molecule has 0 saturated carbocycles. The molecule has 1 aromatic carbocycles. The second-order valence-corrected chi connectivity index (χ2v) is 8.10. The van der Waals surface area contributed by atoms with Gasteiger partial charge < -0.3 is 14.6 Å². The minimum atomic E-state index is -0.290. The highest BCUT2D eigenvalue weighted by molar-refractivity contribution is 6.31. The molecule has 7 nitrogen and oxygen atoms in total. The van der Waals surface area contributed by atoms with Crippen LogP contribution in [0.2, 0.25) is 5.02 Å². The number of nitrogens with zero attached hydrogens (tertiary/aromatic N) is 5. The number of nitrogens with one attached hydrogen (secondary N) is 1. The zero-order valence-corrected chi connectivity index (χ0v) is 18.8. The Balaban J connectivity index is 1.57. The van der Waals surface area contributed by atoms with Gasteiger partial charge in [0.2, 0.25) is 11.8 Å². The largest absolute Gasteiger partial charge is 0.474 e. The summed E-state index contributed by atoms with van der Waals surface area (Å²) in [4.78, 5) is 18.2. The number of aryl methyl sites for hydroxylation is 1. The number of pyridine rings is 1. The number of hydrogen-bond donors (Lipinski definition) is 1. The summed E-state index contributed by atoms with van der Waals surface area (Å²) in [7, 11) is 0. The van der Waals surface area contributed by atoms with E-state index in [4.69, 9.17) is 26.3 Å². The molecule has 1 N–H and O–H groups in total. The van der Waals surface area contributed by atoms with Crippen LogP contribution in [0.1, 0.15) is 25.2 Å². The predicted molar refractivity (Wildman–Crippen MR) is 125 cm³/mol. The molecule has 1 atom stereocenters. The van der Waals surface area contributed by atoms with Crippen LogP contribution in [-0.2, 0) is 6.42 Å². The highest BCUT2D eigenvalue weighted by Crippen LogP contribution is 2.39. The summed E-state index contributed by atoms with van der Waals surface area (Å²) in [5.41, 5.74) is 3.18. The van der Waals surface area contributed by atoms with Crippen molar-refractivity contribution in [1.82, 2.24) is 24.5 Å². The molecule has 4 aromatic rings. The Kier molecular flexibility index (Phi) is 5.92. The predicted octanol–water partition coefficient (Wildman–Crippen LogP) is 5.19. The fraction of sp³-hybridized carbons (Fsp3) is 0.250. The standard InChI is InChI=1S/C24H22ClFN6O/c1-2-27-24-29-13-11-19(30-24)22-21(15-5-7-16(26)8-6-15)31-20-10-9-17(32(20)22)14-33-23-18(25)4-3-12-28-23/h3-8,11-13,17H,2,9-10,14H2,1H3,(H,27,29,30)/t17-/m0/s1. The van der Waals surface area contributed by atoms with Crippen molar-refractivity contribution in [3.63, 3.8) is 0 Å². The van der Waals surface area contributed by atoms with Crippen LogP contribution >= 0.6 is 11.6 Å². The fourth-order valence-electron chi connectivity index (χ4n) is 4.07. The Morgan fingerprint density at radius 2 is 1.97 bits per heavy atom. The molecule has 0 fully saturated rings. The number of ether oxygens (including phenoxy) is 1. The van der Waals surface area contributed by atoms with E-state index in [0.29, 0.717) is 30.0 Å². The van der Waals surface area contributed by atoms with Crippen molar-refractivity contribution in [3.8, 4) is 28.5 Å². The topological polar surface area (TPSA) is 77.8 Å². The van der Waals surface area contributed by atoms with Crippen LogP contribution in [0.15, 0.2) is 54.9 Å². The van der Waals surface area contributed by atoms with E-state index < -0.39 is 0 Å². The smallest absolute Gasteiger partial charge is 0.232 e. The second-order valence-electron chi connectivity index (χ2n) is 7.69. The van der Waals surface area contributed by atoms with E-state index in [2.05, 4.69) is 19.9 Å². The maximum atomic E-state index is 13.6. The molecule has 1 aliphatic heterocycles. The lowest BCUT2D eigenvalue weighted by Crippen LogP contribution is -2.16. The normalized spacial score (nSPS) is 14.8. The molecule has 0 aliphatic carbocycles. The molecule has 0 amide bonds. The van der Waals surface area contributed by atoms with Gasteiger partial charge in [-0.2, -0.15) is 0 Å². The number of halogens is 2. The summed E-state index contributed by atoms with van der Waals surface area (Å²) in [5.74, 6) is 1.60. The summed E-state index contributed by atoms with van der Waals surface area (Å²) in [5, 5.41) is 3.63. The number of hydrogen-bond acceptors (Lipinski definition) is 6. The van der Waals surface area contributed by atoms with Crippen molar-refractivity contribution in [2.24, 2.45) is 0 Å².